The summed E-state index contributed by atoms with van der Waals surface area (Å²) in [7, 11) is 1.30. The van der Waals surface area contributed by atoms with Crippen molar-refractivity contribution in [1.82, 2.24) is 5.32 Å². The number of ether oxygens (including phenoxy) is 1. The molecule has 19 heavy (non-hydrogen) atoms. The molecule has 0 spiro atoms. The first-order valence-electron chi connectivity index (χ1n) is 5.69. The molecule has 8 heteroatoms. The third kappa shape index (κ3) is 4.52. The number of rotatable bonds is 6. The minimum atomic E-state index is -3.92. The molecule has 1 atom stereocenters. The van der Waals surface area contributed by atoms with Gasteiger partial charge in [0.1, 0.15) is 10.7 Å². The van der Waals surface area contributed by atoms with Crippen LogP contribution in [0.5, 0.6) is 0 Å². The molecule has 108 valence electrons. The van der Waals surface area contributed by atoms with Gasteiger partial charge < -0.3 is 14.5 Å². The summed E-state index contributed by atoms with van der Waals surface area (Å²) < 4.78 is 32.7. The van der Waals surface area contributed by atoms with Crippen LogP contribution in [-0.2, 0) is 13.8 Å². The maximum atomic E-state index is 11.8. The monoisotopic (exact) mass is 309 g/mol. The second-order valence-corrected chi connectivity index (χ2v) is 6.54. The van der Waals surface area contributed by atoms with Crippen LogP contribution < -0.4 is 5.32 Å². The molecule has 0 saturated carbocycles. The van der Waals surface area contributed by atoms with Crippen molar-refractivity contribution >= 4 is 25.6 Å². The molecule has 1 unspecified atom stereocenters. The predicted molar refractivity (Wildman–Crippen MR) is 69.9 cm³/mol. The van der Waals surface area contributed by atoms with Gasteiger partial charge in [-0.2, -0.15) is 0 Å². The molecule has 0 aliphatic rings. The zero-order chi connectivity index (χ0) is 14.6. The first-order chi connectivity index (χ1) is 8.75. The summed E-state index contributed by atoms with van der Waals surface area (Å²) in [5.74, 6) is -0.528. The maximum Gasteiger partial charge on any atom is 0.287 e. The average Bonchev–Trinajstić information content (AvgIpc) is 2.68. The first kappa shape index (κ1) is 16.0. The Morgan fingerprint density at radius 2 is 2.21 bits per heavy atom. The fourth-order valence-electron chi connectivity index (χ4n) is 1.45. The number of carbonyl (C=O) groups is 1. The minimum absolute atomic E-state index is 0.0811. The third-order valence-electron chi connectivity index (χ3n) is 2.31. The van der Waals surface area contributed by atoms with Crippen molar-refractivity contribution < 1.29 is 22.4 Å². The number of carbonyl (C=O) groups excluding carboxylic acids is 1. The number of aryl methyl sites for hydroxylation is 1. The lowest BCUT2D eigenvalue weighted by molar-refractivity contribution is 0.0845. The predicted octanol–water partition coefficient (Wildman–Crippen LogP) is 1.67. The van der Waals surface area contributed by atoms with Crippen LogP contribution in [-0.4, -0.2) is 33.6 Å². The number of nitrogens with one attached hydrogen (secondary N) is 1. The average molecular weight is 310 g/mol. The largest absolute Gasteiger partial charge is 0.455 e. The van der Waals surface area contributed by atoms with Crippen LogP contribution in [0.1, 0.15) is 30.2 Å². The van der Waals surface area contributed by atoms with E-state index < -0.39 is 15.0 Å². The quantitative estimate of drug-likeness (QED) is 0.808. The van der Waals surface area contributed by atoms with E-state index in [0.717, 1.165) is 6.07 Å². The Kier molecular flexibility index (Phi) is 5.39. The van der Waals surface area contributed by atoms with Crippen LogP contribution in [0.2, 0.25) is 0 Å². The molecule has 0 aliphatic heterocycles. The summed E-state index contributed by atoms with van der Waals surface area (Å²) in [4.78, 5) is 11.6. The topological polar surface area (TPSA) is 85.6 Å². The van der Waals surface area contributed by atoms with Gasteiger partial charge in [0.05, 0.1) is 6.61 Å². The molecule has 1 amide bonds. The molecular weight excluding hydrogens is 294 g/mol. The second-order valence-electron chi connectivity index (χ2n) is 4.00. The van der Waals surface area contributed by atoms with E-state index in [2.05, 4.69) is 5.32 Å². The van der Waals surface area contributed by atoms with E-state index in [1.807, 2.05) is 6.92 Å². The van der Waals surface area contributed by atoms with E-state index >= 15 is 0 Å². The van der Waals surface area contributed by atoms with E-state index in [1.54, 1.807) is 6.92 Å². The summed E-state index contributed by atoms with van der Waals surface area (Å²) in [5.41, 5.74) is 0. The van der Waals surface area contributed by atoms with Crippen molar-refractivity contribution in [1.29, 1.82) is 0 Å². The smallest absolute Gasteiger partial charge is 0.287 e. The number of furan rings is 1. The lowest BCUT2D eigenvalue weighted by atomic mass is 10.3. The van der Waals surface area contributed by atoms with E-state index in [4.69, 9.17) is 19.8 Å². The van der Waals surface area contributed by atoms with Gasteiger partial charge >= 0.3 is 0 Å². The van der Waals surface area contributed by atoms with E-state index in [0.29, 0.717) is 13.2 Å². The zero-order valence-corrected chi connectivity index (χ0v) is 12.5. The number of hydrogen-bond donors (Lipinski definition) is 1. The molecule has 1 N–H and O–H groups in total. The Bertz CT molecular complexity index is 551. The van der Waals surface area contributed by atoms with Crippen molar-refractivity contribution in [2.75, 3.05) is 13.2 Å². The molecule has 0 saturated heterocycles. The molecule has 1 aromatic rings. The van der Waals surface area contributed by atoms with Gasteiger partial charge in [-0.05, 0) is 20.8 Å². The molecule has 1 aromatic heterocycles. The Morgan fingerprint density at radius 3 is 2.68 bits per heavy atom. The van der Waals surface area contributed by atoms with Crippen LogP contribution in [0.25, 0.3) is 0 Å². The van der Waals surface area contributed by atoms with Gasteiger partial charge in [0.25, 0.3) is 15.0 Å². The van der Waals surface area contributed by atoms with Gasteiger partial charge in [-0.3, -0.25) is 4.79 Å². The lowest BCUT2D eigenvalue weighted by Crippen LogP contribution is -2.35. The van der Waals surface area contributed by atoms with Gasteiger partial charge in [0.15, 0.2) is 5.76 Å². The van der Waals surface area contributed by atoms with Crippen molar-refractivity contribution in [2.24, 2.45) is 0 Å². The van der Waals surface area contributed by atoms with E-state index in [-0.39, 0.29) is 22.5 Å². The highest BCUT2D eigenvalue weighted by atomic mass is 35.7. The molecule has 1 heterocycles. The second kappa shape index (κ2) is 6.40. The summed E-state index contributed by atoms with van der Waals surface area (Å²) in [5, 5.41) is 2.63. The Hall–Kier alpha value is -1.05. The summed E-state index contributed by atoms with van der Waals surface area (Å²) in [6.45, 7) is 5.96. The Balaban J connectivity index is 2.79. The van der Waals surface area contributed by atoms with E-state index in [9.17, 15) is 13.2 Å². The number of halogens is 1. The van der Waals surface area contributed by atoms with Gasteiger partial charge in [-0.15, -0.1) is 0 Å². The highest BCUT2D eigenvalue weighted by Crippen LogP contribution is 2.23. The zero-order valence-electron chi connectivity index (χ0n) is 10.9. The SMILES string of the molecule is CCOCC(C)NC(=O)c1cc(S(=O)(=O)Cl)c(C)o1. The van der Waals surface area contributed by atoms with Crippen molar-refractivity contribution in [3.63, 3.8) is 0 Å². The normalized spacial score (nSPS) is 13.3. The Morgan fingerprint density at radius 1 is 1.58 bits per heavy atom. The van der Waals surface area contributed by atoms with Crippen LogP contribution in [0.15, 0.2) is 15.4 Å². The summed E-state index contributed by atoms with van der Waals surface area (Å²) >= 11 is 0. The van der Waals surface area contributed by atoms with Crippen molar-refractivity contribution in [3.8, 4) is 0 Å². The molecule has 0 bridgehead atoms. The molecule has 1 rings (SSSR count). The van der Waals surface area contributed by atoms with Crippen LogP contribution in [0, 0.1) is 6.92 Å². The fourth-order valence-corrected chi connectivity index (χ4v) is 2.54. The van der Waals surface area contributed by atoms with E-state index in [1.165, 1.54) is 6.92 Å². The number of hydrogen-bond acceptors (Lipinski definition) is 5. The van der Waals surface area contributed by atoms with Gasteiger partial charge in [0.2, 0.25) is 0 Å². The fraction of sp³-hybridized carbons (Fsp3) is 0.545. The van der Waals surface area contributed by atoms with Crippen molar-refractivity contribution in [2.45, 2.75) is 31.7 Å². The highest BCUT2D eigenvalue weighted by molar-refractivity contribution is 8.13. The summed E-state index contributed by atoms with van der Waals surface area (Å²) in [6.07, 6.45) is 0. The maximum absolute atomic E-state index is 11.8. The molecule has 0 aromatic carbocycles. The molecular formula is C11H16ClNO5S. The van der Waals surface area contributed by atoms with Crippen LogP contribution in [0.3, 0.4) is 0 Å². The van der Waals surface area contributed by atoms with Gasteiger partial charge in [-0.1, -0.05) is 0 Å². The highest BCUT2D eigenvalue weighted by Gasteiger charge is 2.22. The molecule has 6 nitrogen and oxygen atoms in total. The molecule has 0 fully saturated rings. The van der Waals surface area contributed by atoms with Crippen LogP contribution >= 0.6 is 10.7 Å². The lowest BCUT2D eigenvalue weighted by Gasteiger charge is -2.12. The number of amides is 1. The Labute approximate surface area is 116 Å². The third-order valence-corrected chi connectivity index (χ3v) is 3.74. The van der Waals surface area contributed by atoms with Crippen LogP contribution in [0.4, 0.5) is 0 Å². The molecule has 0 aliphatic carbocycles. The van der Waals surface area contributed by atoms with Crippen molar-refractivity contribution in [3.05, 3.63) is 17.6 Å². The standard InChI is InChI=1S/C11H16ClNO5S/c1-4-17-6-7(2)13-11(14)9-5-10(8(3)18-9)19(12,15)16/h5,7H,4,6H2,1-3H3,(H,13,14). The summed E-state index contributed by atoms with van der Waals surface area (Å²) in [6, 6.07) is 0.898. The first-order valence-corrected chi connectivity index (χ1v) is 8.00. The van der Waals surface area contributed by atoms with Gasteiger partial charge in [-0.25, -0.2) is 8.42 Å². The molecule has 0 radical (unpaired) electrons. The minimum Gasteiger partial charge on any atom is -0.455 e. The van der Waals surface area contributed by atoms with Gasteiger partial charge in [0, 0.05) is 29.4 Å².